The molecule has 0 aliphatic heterocycles. The van der Waals surface area contributed by atoms with Gasteiger partial charge in [0.15, 0.2) is 5.78 Å². The van der Waals surface area contributed by atoms with Gasteiger partial charge in [-0.3, -0.25) is 19.4 Å². The molecule has 2 rings (SSSR count). The van der Waals surface area contributed by atoms with E-state index in [-0.39, 0.29) is 18.0 Å². The van der Waals surface area contributed by atoms with Crippen LogP contribution in [-0.4, -0.2) is 36.9 Å². The van der Waals surface area contributed by atoms with E-state index in [1.165, 1.54) is 7.11 Å². The first-order valence-electron chi connectivity index (χ1n) is 9.03. The molecular weight excluding hydrogens is 330 g/mol. The molecule has 5 nitrogen and oxygen atoms in total. The topological polar surface area (TPSA) is 72.8 Å². The zero-order valence-electron chi connectivity index (χ0n) is 16.0. The van der Waals surface area contributed by atoms with Crippen LogP contribution in [0.2, 0.25) is 0 Å². The van der Waals surface area contributed by atoms with Crippen LogP contribution in [0.5, 0.6) is 0 Å². The van der Waals surface area contributed by atoms with Crippen LogP contribution in [0.15, 0.2) is 35.3 Å². The number of esters is 1. The van der Waals surface area contributed by atoms with E-state index in [1.807, 2.05) is 37.3 Å². The second-order valence-corrected chi connectivity index (χ2v) is 7.39. The third-order valence-corrected chi connectivity index (χ3v) is 4.99. The number of rotatable bonds is 6. The minimum absolute atomic E-state index is 0.152. The first kappa shape index (κ1) is 20.0. The molecule has 0 bridgehead atoms. The highest BCUT2D eigenvalue weighted by molar-refractivity contribution is 6.26. The molecule has 2 atom stereocenters. The maximum Gasteiger partial charge on any atom is 0.316 e. The molecule has 1 aromatic rings. The molecule has 0 N–H and O–H groups in total. The van der Waals surface area contributed by atoms with Crippen LogP contribution >= 0.6 is 0 Å². The first-order chi connectivity index (χ1) is 12.3. The highest BCUT2D eigenvalue weighted by Gasteiger charge is 2.52. The van der Waals surface area contributed by atoms with E-state index in [0.29, 0.717) is 18.7 Å². The van der Waals surface area contributed by atoms with Gasteiger partial charge in [-0.15, -0.1) is 0 Å². The molecule has 0 radical (unpaired) electrons. The molecule has 0 aromatic heterocycles. The van der Waals surface area contributed by atoms with E-state index in [0.717, 1.165) is 12.0 Å². The molecule has 1 unspecified atom stereocenters. The Morgan fingerprint density at radius 3 is 2.46 bits per heavy atom. The molecule has 1 saturated carbocycles. The fourth-order valence-electron chi connectivity index (χ4n) is 3.65. The summed E-state index contributed by atoms with van der Waals surface area (Å²) in [6.45, 7) is 5.92. The van der Waals surface area contributed by atoms with E-state index in [2.05, 4.69) is 4.99 Å². The average molecular weight is 357 g/mol. The number of Topliss-reactive ketones (excluding diaryl/α,β-unsaturated/α-hetero) is 2. The summed E-state index contributed by atoms with van der Waals surface area (Å²) in [6, 6.07) is 9.94. The van der Waals surface area contributed by atoms with Crippen LogP contribution in [0.4, 0.5) is 0 Å². The lowest BCUT2D eigenvalue weighted by molar-refractivity contribution is -0.159. The lowest BCUT2D eigenvalue weighted by Gasteiger charge is -2.38. The van der Waals surface area contributed by atoms with Crippen molar-refractivity contribution in [2.45, 2.75) is 40.0 Å². The highest BCUT2D eigenvalue weighted by atomic mass is 16.5. The molecule has 0 amide bonds. The van der Waals surface area contributed by atoms with Gasteiger partial charge < -0.3 is 4.74 Å². The molecule has 1 aliphatic rings. The summed E-state index contributed by atoms with van der Waals surface area (Å²) < 4.78 is 4.82. The number of nitrogens with zero attached hydrogens (tertiary/aromatic N) is 1. The van der Waals surface area contributed by atoms with Crippen LogP contribution in [-0.2, 0) is 25.5 Å². The average Bonchev–Trinajstić information content (AvgIpc) is 2.59. The van der Waals surface area contributed by atoms with Crippen LogP contribution in [0.3, 0.4) is 0 Å². The number of aliphatic imine (C=N–C) groups is 1. The molecule has 5 heteroatoms. The number of hydrogen-bond donors (Lipinski definition) is 0. The molecule has 26 heavy (non-hydrogen) atoms. The largest absolute Gasteiger partial charge is 0.468 e. The van der Waals surface area contributed by atoms with E-state index >= 15 is 0 Å². The monoisotopic (exact) mass is 357 g/mol. The quantitative estimate of drug-likeness (QED) is 0.446. The summed E-state index contributed by atoms with van der Waals surface area (Å²) >= 11 is 0. The number of ether oxygens (including phenoxy) is 1. The van der Waals surface area contributed by atoms with Gasteiger partial charge in [0.2, 0.25) is 0 Å². The van der Waals surface area contributed by atoms with Gasteiger partial charge in [0.05, 0.1) is 7.11 Å². The van der Waals surface area contributed by atoms with Crippen molar-refractivity contribution >= 4 is 23.2 Å². The smallest absolute Gasteiger partial charge is 0.316 e. The molecule has 0 saturated heterocycles. The Morgan fingerprint density at radius 2 is 1.88 bits per heavy atom. The molecule has 0 heterocycles. The predicted octanol–water partition coefficient (Wildman–Crippen LogP) is 3.05. The zero-order chi connectivity index (χ0) is 19.3. The SMILES string of the molecule is CCC(=NCCc1ccccc1)C1C(=O)CC(C)(C)[C@H](C(=O)OC)C1=O. The third kappa shape index (κ3) is 4.26. The first-order valence-corrected chi connectivity index (χ1v) is 9.03. The predicted molar refractivity (Wildman–Crippen MR) is 100 cm³/mol. The van der Waals surface area contributed by atoms with Crippen LogP contribution < -0.4 is 0 Å². The fraction of sp³-hybridized carbons (Fsp3) is 0.524. The van der Waals surface area contributed by atoms with Crippen molar-refractivity contribution in [3.63, 3.8) is 0 Å². The summed E-state index contributed by atoms with van der Waals surface area (Å²) in [5, 5.41) is 0. The molecule has 0 spiro atoms. The van der Waals surface area contributed by atoms with Crippen LogP contribution in [0.1, 0.15) is 39.2 Å². The van der Waals surface area contributed by atoms with Crippen molar-refractivity contribution in [2.75, 3.05) is 13.7 Å². The van der Waals surface area contributed by atoms with Crippen molar-refractivity contribution < 1.29 is 19.1 Å². The fourth-order valence-corrected chi connectivity index (χ4v) is 3.65. The Hall–Kier alpha value is -2.30. The second kappa shape index (κ2) is 8.39. The number of benzene rings is 1. The lowest BCUT2D eigenvalue weighted by Crippen LogP contribution is -2.52. The molecule has 1 aromatic carbocycles. The van der Waals surface area contributed by atoms with Crippen LogP contribution in [0, 0.1) is 17.3 Å². The maximum absolute atomic E-state index is 13.0. The van der Waals surface area contributed by atoms with Crippen molar-refractivity contribution in [3.05, 3.63) is 35.9 Å². The van der Waals surface area contributed by atoms with Gasteiger partial charge >= 0.3 is 5.97 Å². The molecule has 140 valence electrons. The summed E-state index contributed by atoms with van der Waals surface area (Å²) in [5.74, 6) is -2.95. The lowest BCUT2D eigenvalue weighted by atomic mass is 9.63. The van der Waals surface area contributed by atoms with Gasteiger partial charge in [-0.1, -0.05) is 51.1 Å². The Morgan fingerprint density at radius 1 is 1.23 bits per heavy atom. The summed E-state index contributed by atoms with van der Waals surface area (Å²) in [7, 11) is 1.27. The number of hydrogen-bond acceptors (Lipinski definition) is 5. The molecular formula is C21H27NO4. The van der Waals surface area contributed by atoms with Gasteiger partial charge in [0.1, 0.15) is 17.6 Å². The minimum Gasteiger partial charge on any atom is -0.468 e. The normalized spacial score (nSPS) is 23.0. The molecule has 1 fully saturated rings. The number of methoxy groups -OCH3 is 1. The van der Waals surface area contributed by atoms with E-state index in [1.54, 1.807) is 13.8 Å². The summed E-state index contributed by atoms with van der Waals surface area (Å²) in [5.41, 5.74) is 0.989. The Balaban J connectivity index is 2.22. The standard InChI is InChI=1S/C21H27NO4/c1-5-15(22-12-11-14-9-7-6-8-10-14)17-16(23)13-21(2,3)18(19(17)24)20(25)26-4/h6-10,17-18H,5,11-13H2,1-4H3/t17?,18-/m0/s1. The highest BCUT2D eigenvalue weighted by Crippen LogP contribution is 2.40. The van der Waals surface area contributed by atoms with Crippen molar-refractivity contribution in [1.29, 1.82) is 0 Å². The van der Waals surface area contributed by atoms with E-state index < -0.39 is 23.2 Å². The summed E-state index contributed by atoms with van der Waals surface area (Å²) in [6.07, 6.45) is 1.41. The van der Waals surface area contributed by atoms with E-state index in [9.17, 15) is 14.4 Å². The number of ketones is 2. The van der Waals surface area contributed by atoms with Crippen LogP contribution in [0.25, 0.3) is 0 Å². The molecule has 1 aliphatic carbocycles. The van der Waals surface area contributed by atoms with Crippen molar-refractivity contribution in [3.8, 4) is 0 Å². The Bertz CT molecular complexity index is 706. The number of carbonyl (C=O) groups excluding carboxylic acids is 3. The number of carbonyl (C=O) groups is 3. The second-order valence-electron chi connectivity index (χ2n) is 7.39. The Labute approximate surface area is 154 Å². The summed E-state index contributed by atoms with van der Waals surface area (Å²) in [4.78, 5) is 42.4. The van der Waals surface area contributed by atoms with Gasteiger partial charge in [0, 0.05) is 18.7 Å². The zero-order valence-corrected chi connectivity index (χ0v) is 16.0. The van der Waals surface area contributed by atoms with Crippen molar-refractivity contribution in [2.24, 2.45) is 22.2 Å². The maximum atomic E-state index is 13.0. The van der Waals surface area contributed by atoms with Gasteiger partial charge in [-0.25, -0.2) is 0 Å². The van der Waals surface area contributed by atoms with Gasteiger partial charge in [0.25, 0.3) is 0 Å². The van der Waals surface area contributed by atoms with E-state index in [4.69, 9.17) is 4.74 Å². The Kier molecular flexibility index (Phi) is 6.46. The van der Waals surface area contributed by atoms with Gasteiger partial charge in [-0.05, 0) is 23.8 Å². The minimum atomic E-state index is -0.930. The van der Waals surface area contributed by atoms with Crippen molar-refractivity contribution in [1.82, 2.24) is 0 Å². The third-order valence-electron chi connectivity index (χ3n) is 4.99. The van der Waals surface area contributed by atoms with Gasteiger partial charge in [-0.2, -0.15) is 0 Å².